The molecule has 2 aromatic carbocycles. The topological polar surface area (TPSA) is 173 Å². The first kappa shape index (κ1) is 41.5. The Kier molecular flexibility index (Phi) is 13.4. The summed E-state index contributed by atoms with van der Waals surface area (Å²) in [4.78, 5) is 46.8. The summed E-state index contributed by atoms with van der Waals surface area (Å²) in [5.74, 6) is -1.04. The lowest BCUT2D eigenvalue weighted by molar-refractivity contribution is -0.170. The number of phenolic OH excluding ortho intramolecular Hbond substituents is 1. The maximum Gasteiger partial charge on any atom is 0.347 e. The lowest BCUT2D eigenvalue weighted by atomic mass is 9.90. The van der Waals surface area contributed by atoms with Crippen molar-refractivity contribution in [1.82, 2.24) is 24.8 Å². The second kappa shape index (κ2) is 17.8. The molecule has 0 amide bonds. The Morgan fingerprint density at radius 3 is 2.36 bits per heavy atom. The summed E-state index contributed by atoms with van der Waals surface area (Å²) >= 11 is 2.81. The van der Waals surface area contributed by atoms with Crippen LogP contribution in [0.2, 0.25) is 0 Å². The number of aromatic nitrogens is 3. The zero-order valence-corrected chi connectivity index (χ0v) is 31.7. The standard InChI is InChI=1S/C39H43N5O7S2.2FH/c1-43(25-8-10-26(11-9-25)51-39(37(48)49,33-5-2-19-52-33)34-6-3-20-53-34)17-4-18-44-30-14-7-24(21-29(30)41-38(44)50)22-40-23-32(46)27-12-15-31(45)36-28(27)13-16-35(47)42-36;;/h2-3,5-7,12-16,19-21,25-26,32,40,45-46H,4,8-11,17-18,22-23H2,1H3,(H,41,50)(H,42,47)(H,48,49);2*1H/t25-,26-,32-;;/m0../s1. The van der Waals surface area contributed by atoms with E-state index in [9.17, 15) is 29.7 Å². The van der Waals surface area contributed by atoms with Gasteiger partial charge in [0.1, 0.15) is 5.75 Å². The number of carboxylic acid groups (broad SMARTS) is 1. The SMILES string of the molecule is CN(CCCn1c(=O)[nH]c2cc(CNC[C@H](O)c3ccc(O)c4[nH]c(=O)ccc34)ccc21)[C@H]1CC[C@H](OC(C(=O)O)(c2cccs2)c2cccs2)CC1.F.F. The van der Waals surface area contributed by atoms with Crippen molar-refractivity contribution in [2.45, 2.75) is 69.0 Å². The van der Waals surface area contributed by atoms with Gasteiger partial charge in [-0.25, -0.2) is 9.59 Å². The molecule has 0 radical (unpaired) electrons. The highest BCUT2D eigenvalue weighted by Gasteiger charge is 2.48. The number of carbonyl (C=O) groups is 1. The van der Waals surface area contributed by atoms with Crippen molar-refractivity contribution < 1.29 is 34.3 Å². The molecular weight excluding hydrogens is 753 g/mol. The van der Waals surface area contributed by atoms with E-state index >= 15 is 0 Å². The lowest BCUT2D eigenvalue weighted by Gasteiger charge is -2.38. The number of aliphatic carboxylic acids is 1. The normalized spacial score (nSPS) is 16.6. The van der Waals surface area contributed by atoms with Crippen molar-refractivity contribution in [3.63, 3.8) is 0 Å². The number of nitrogens with one attached hydrogen (secondary N) is 3. The number of aliphatic hydroxyl groups excluding tert-OH is 1. The number of halogens is 2. The van der Waals surface area contributed by atoms with Gasteiger partial charge in [-0.15, -0.1) is 22.7 Å². The number of nitrogens with zero attached hydrogens (tertiary/aromatic N) is 2. The molecule has 16 heteroatoms. The van der Waals surface area contributed by atoms with Crippen LogP contribution in [0.25, 0.3) is 21.9 Å². The molecule has 6 N–H and O–H groups in total. The van der Waals surface area contributed by atoms with E-state index in [1.807, 2.05) is 53.2 Å². The molecule has 294 valence electrons. The van der Waals surface area contributed by atoms with Crippen LogP contribution >= 0.6 is 22.7 Å². The summed E-state index contributed by atoms with van der Waals surface area (Å²) in [6.07, 6.45) is 3.10. The summed E-state index contributed by atoms with van der Waals surface area (Å²) in [5.41, 5.74) is 1.43. The number of aryl methyl sites for hydroxylation is 1. The molecule has 1 aliphatic rings. The minimum Gasteiger partial charge on any atom is -0.506 e. The van der Waals surface area contributed by atoms with Crippen molar-refractivity contribution in [3.05, 3.63) is 119 Å². The number of benzene rings is 2. The average molecular weight is 798 g/mol. The van der Waals surface area contributed by atoms with Gasteiger partial charge in [0, 0.05) is 37.1 Å². The number of aromatic amines is 2. The third-order valence-electron chi connectivity index (χ3n) is 10.3. The van der Waals surface area contributed by atoms with E-state index in [-0.39, 0.29) is 44.6 Å². The van der Waals surface area contributed by atoms with Gasteiger partial charge in [0.25, 0.3) is 0 Å². The number of aromatic hydroxyl groups is 1. The number of rotatable bonds is 15. The number of H-pyrrole nitrogens is 2. The van der Waals surface area contributed by atoms with Crippen molar-refractivity contribution in [3.8, 4) is 5.75 Å². The van der Waals surface area contributed by atoms with E-state index in [0.717, 1.165) is 55.2 Å². The van der Waals surface area contributed by atoms with Gasteiger partial charge in [0.15, 0.2) is 0 Å². The number of hydrogen-bond donors (Lipinski definition) is 6. The molecule has 0 spiro atoms. The number of phenols is 1. The van der Waals surface area contributed by atoms with E-state index in [4.69, 9.17) is 4.74 Å². The van der Waals surface area contributed by atoms with Crippen LogP contribution in [-0.2, 0) is 28.2 Å². The summed E-state index contributed by atoms with van der Waals surface area (Å²) in [6.45, 7) is 2.09. The second-order valence-electron chi connectivity index (χ2n) is 13.7. The molecule has 1 aliphatic carbocycles. The predicted octanol–water partition coefficient (Wildman–Crippen LogP) is 5.81. The van der Waals surface area contributed by atoms with Crippen LogP contribution in [0.3, 0.4) is 0 Å². The zero-order chi connectivity index (χ0) is 37.1. The number of ether oxygens (including phenoxy) is 1. The number of aliphatic hydroxyl groups is 1. The highest BCUT2D eigenvalue weighted by molar-refractivity contribution is 7.12. The van der Waals surface area contributed by atoms with Crippen molar-refractivity contribution >= 4 is 50.6 Å². The quantitative estimate of drug-likeness (QED) is 0.0751. The Bertz CT molecular complexity index is 2270. The van der Waals surface area contributed by atoms with Crippen LogP contribution < -0.4 is 16.6 Å². The lowest BCUT2D eigenvalue weighted by Crippen LogP contribution is -2.44. The van der Waals surface area contributed by atoms with Gasteiger partial charge >= 0.3 is 11.7 Å². The number of thiophene rings is 2. The molecule has 0 saturated heterocycles. The van der Waals surface area contributed by atoms with Crippen LogP contribution in [0.4, 0.5) is 9.41 Å². The third-order valence-corrected chi connectivity index (χ3v) is 12.3. The summed E-state index contributed by atoms with van der Waals surface area (Å²) < 4.78 is 8.32. The fourth-order valence-corrected chi connectivity index (χ4v) is 9.34. The van der Waals surface area contributed by atoms with Crippen LogP contribution in [-0.4, -0.2) is 73.0 Å². The fourth-order valence-electron chi connectivity index (χ4n) is 7.53. The van der Waals surface area contributed by atoms with E-state index in [1.54, 1.807) is 16.7 Å². The summed E-state index contributed by atoms with van der Waals surface area (Å²) in [7, 11) is 2.11. The number of pyridine rings is 1. The van der Waals surface area contributed by atoms with Crippen molar-refractivity contribution in [1.29, 1.82) is 0 Å². The molecule has 0 bridgehead atoms. The molecule has 4 aromatic heterocycles. The molecule has 55 heavy (non-hydrogen) atoms. The fraction of sp³-hybridized carbons (Fsp3) is 0.359. The van der Waals surface area contributed by atoms with E-state index in [1.165, 1.54) is 34.8 Å². The number of fused-ring (bicyclic) bond motifs is 2. The van der Waals surface area contributed by atoms with Gasteiger partial charge in [-0.1, -0.05) is 24.3 Å². The smallest absolute Gasteiger partial charge is 0.347 e. The van der Waals surface area contributed by atoms with Crippen molar-refractivity contribution in [2.75, 3.05) is 20.1 Å². The maximum absolute atomic E-state index is 13.0. The molecular formula is C39H45F2N5O7S2. The van der Waals surface area contributed by atoms with E-state index in [0.29, 0.717) is 39.8 Å². The molecule has 12 nitrogen and oxygen atoms in total. The molecule has 1 fully saturated rings. The maximum atomic E-state index is 13.0. The van der Waals surface area contributed by atoms with Crippen LogP contribution in [0.5, 0.6) is 5.75 Å². The number of carboxylic acids is 1. The third kappa shape index (κ3) is 8.59. The Hall–Kier alpha value is -4.71. The van der Waals surface area contributed by atoms with Gasteiger partial charge in [-0.2, -0.15) is 0 Å². The Balaban J connectivity index is 0.00000290. The van der Waals surface area contributed by atoms with Gasteiger partial charge in [0.2, 0.25) is 11.2 Å². The molecule has 6 aromatic rings. The predicted molar refractivity (Wildman–Crippen MR) is 212 cm³/mol. The minimum absolute atomic E-state index is 0. The largest absolute Gasteiger partial charge is 0.506 e. The average Bonchev–Trinajstić information content (AvgIpc) is 3.94. The van der Waals surface area contributed by atoms with Crippen LogP contribution in [0.15, 0.2) is 87.1 Å². The second-order valence-corrected chi connectivity index (χ2v) is 15.6. The highest BCUT2D eigenvalue weighted by atomic mass is 32.1. The van der Waals surface area contributed by atoms with Gasteiger partial charge in [-0.05, 0) is 104 Å². The number of hydrogen-bond acceptors (Lipinski definition) is 10. The Morgan fingerprint density at radius 1 is 1.00 bits per heavy atom. The first-order valence-electron chi connectivity index (χ1n) is 17.8. The molecule has 0 aliphatic heterocycles. The minimum atomic E-state index is -1.49. The van der Waals surface area contributed by atoms with E-state index < -0.39 is 17.7 Å². The van der Waals surface area contributed by atoms with Crippen molar-refractivity contribution in [2.24, 2.45) is 0 Å². The van der Waals surface area contributed by atoms with Gasteiger partial charge in [-0.3, -0.25) is 18.8 Å². The van der Waals surface area contributed by atoms with E-state index in [2.05, 4.69) is 27.2 Å². The number of imidazole rings is 1. The molecule has 1 saturated carbocycles. The zero-order valence-electron chi connectivity index (χ0n) is 30.1. The van der Waals surface area contributed by atoms with Gasteiger partial charge < -0.3 is 40.2 Å². The Morgan fingerprint density at radius 2 is 1.71 bits per heavy atom. The first-order valence-corrected chi connectivity index (χ1v) is 19.5. The summed E-state index contributed by atoms with van der Waals surface area (Å²) in [6, 6.07) is 19.7. The monoisotopic (exact) mass is 797 g/mol. The molecule has 0 unspecified atom stereocenters. The molecule has 1 atom stereocenters. The van der Waals surface area contributed by atoms with Crippen LogP contribution in [0.1, 0.15) is 59.1 Å². The Labute approximate surface area is 322 Å². The highest BCUT2D eigenvalue weighted by Crippen LogP contribution is 2.42. The van der Waals surface area contributed by atoms with Crippen LogP contribution in [0, 0.1) is 0 Å². The first-order chi connectivity index (χ1) is 25.6. The van der Waals surface area contributed by atoms with Gasteiger partial charge in [0.05, 0.1) is 38.5 Å². The molecule has 7 rings (SSSR count). The summed E-state index contributed by atoms with van der Waals surface area (Å²) in [5, 5.41) is 39.1. The molecule has 4 heterocycles.